The van der Waals surface area contributed by atoms with Gasteiger partial charge in [-0.05, 0) is 12.3 Å². The molecule has 0 aliphatic rings. The van der Waals surface area contributed by atoms with Gasteiger partial charge in [-0.3, -0.25) is 9.48 Å². The number of nitrogens with zero attached hydrogens (tertiary/aromatic N) is 2. The molecule has 0 bridgehead atoms. The van der Waals surface area contributed by atoms with Crippen LogP contribution in [0.4, 0.5) is 5.82 Å². The van der Waals surface area contributed by atoms with Crippen LogP contribution in [-0.2, 0) is 16.1 Å². The van der Waals surface area contributed by atoms with Crippen molar-refractivity contribution in [3.63, 3.8) is 0 Å². The number of anilines is 1. The minimum Gasteiger partial charge on any atom is -0.383 e. The van der Waals surface area contributed by atoms with E-state index in [2.05, 4.69) is 10.4 Å². The molecule has 0 saturated carbocycles. The Hall–Kier alpha value is -1.11. The molecule has 1 aromatic heterocycles. The van der Waals surface area contributed by atoms with E-state index in [0.717, 1.165) is 0 Å². The first-order valence-electron chi connectivity index (χ1n) is 6.11. The van der Waals surface area contributed by atoms with Gasteiger partial charge in [-0.1, -0.05) is 13.8 Å². The van der Waals surface area contributed by atoms with Gasteiger partial charge in [0.15, 0.2) is 5.82 Å². The van der Waals surface area contributed by atoms with Gasteiger partial charge in [-0.15, -0.1) is 12.4 Å². The topological polar surface area (TPSA) is 82.2 Å². The van der Waals surface area contributed by atoms with Gasteiger partial charge in [0.05, 0.1) is 19.2 Å². The Kier molecular flexibility index (Phi) is 8.38. The Labute approximate surface area is 120 Å². The van der Waals surface area contributed by atoms with Crippen molar-refractivity contribution in [3.8, 4) is 0 Å². The van der Waals surface area contributed by atoms with E-state index < -0.39 is 6.04 Å². The molecule has 0 unspecified atom stereocenters. The molecular formula is C12H23ClN4O2. The lowest BCUT2D eigenvalue weighted by atomic mass is 10.0. The second-order valence-corrected chi connectivity index (χ2v) is 4.68. The predicted molar refractivity (Wildman–Crippen MR) is 77.4 cm³/mol. The average Bonchev–Trinajstić information content (AvgIpc) is 2.73. The minimum absolute atomic E-state index is 0. The van der Waals surface area contributed by atoms with Crippen molar-refractivity contribution in [1.29, 1.82) is 0 Å². The summed E-state index contributed by atoms with van der Waals surface area (Å²) < 4.78 is 6.67. The summed E-state index contributed by atoms with van der Waals surface area (Å²) >= 11 is 0. The summed E-state index contributed by atoms with van der Waals surface area (Å²) in [7, 11) is 1.64. The van der Waals surface area contributed by atoms with Crippen LogP contribution in [0.5, 0.6) is 0 Å². The van der Waals surface area contributed by atoms with E-state index in [4.69, 9.17) is 10.5 Å². The number of ether oxygens (including phenoxy) is 1. The van der Waals surface area contributed by atoms with E-state index in [-0.39, 0.29) is 18.3 Å². The number of methoxy groups -OCH3 is 1. The fourth-order valence-electron chi connectivity index (χ4n) is 1.57. The Morgan fingerprint density at radius 1 is 1.58 bits per heavy atom. The number of rotatable bonds is 7. The molecule has 6 nitrogen and oxygen atoms in total. The zero-order chi connectivity index (χ0) is 13.5. The molecular weight excluding hydrogens is 268 g/mol. The van der Waals surface area contributed by atoms with Gasteiger partial charge in [0, 0.05) is 19.4 Å². The summed E-state index contributed by atoms with van der Waals surface area (Å²) in [6.07, 6.45) is 2.46. The largest absolute Gasteiger partial charge is 0.383 e. The highest BCUT2D eigenvalue weighted by Crippen LogP contribution is 2.07. The molecule has 0 aliphatic heterocycles. The molecule has 1 rings (SSSR count). The maximum atomic E-state index is 11.8. The first kappa shape index (κ1) is 17.9. The van der Waals surface area contributed by atoms with Crippen LogP contribution >= 0.6 is 12.4 Å². The van der Waals surface area contributed by atoms with Crippen molar-refractivity contribution in [1.82, 2.24) is 9.78 Å². The number of hydrogen-bond donors (Lipinski definition) is 2. The smallest absolute Gasteiger partial charge is 0.242 e. The van der Waals surface area contributed by atoms with Gasteiger partial charge < -0.3 is 15.8 Å². The fourth-order valence-corrected chi connectivity index (χ4v) is 1.57. The Morgan fingerprint density at radius 3 is 2.84 bits per heavy atom. The first-order valence-corrected chi connectivity index (χ1v) is 6.11. The Balaban J connectivity index is 0.00000324. The highest BCUT2D eigenvalue weighted by molar-refractivity contribution is 5.93. The quantitative estimate of drug-likeness (QED) is 0.792. The molecule has 3 N–H and O–H groups in total. The van der Waals surface area contributed by atoms with E-state index in [1.165, 1.54) is 0 Å². The standard InChI is InChI=1S/C12H22N4O2.ClH/c1-9(2)8-10(13)12(17)14-11-4-5-16(15-11)6-7-18-3;/h4-5,9-10H,6-8,13H2,1-3H3,(H,14,15,17);1H/t10-;/m0./s1. The van der Waals surface area contributed by atoms with Gasteiger partial charge in [0.1, 0.15) is 0 Å². The number of halogens is 1. The summed E-state index contributed by atoms with van der Waals surface area (Å²) in [6, 6.07) is 1.25. The summed E-state index contributed by atoms with van der Waals surface area (Å²) in [4.78, 5) is 11.8. The molecule has 1 amide bonds. The lowest BCUT2D eigenvalue weighted by Crippen LogP contribution is -2.36. The van der Waals surface area contributed by atoms with Crippen molar-refractivity contribution >= 4 is 24.1 Å². The average molecular weight is 291 g/mol. The molecule has 0 radical (unpaired) electrons. The van der Waals surface area contributed by atoms with Gasteiger partial charge in [0.25, 0.3) is 0 Å². The van der Waals surface area contributed by atoms with Gasteiger partial charge in [-0.25, -0.2) is 0 Å². The molecule has 7 heteroatoms. The normalized spacial score (nSPS) is 12.1. The molecule has 19 heavy (non-hydrogen) atoms. The van der Waals surface area contributed by atoms with E-state index in [9.17, 15) is 4.79 Å². The molecule has 0 saturated heterocycles. The number of nitrogens with two attached hydrogens (primary N) is 1. The zero-order valence-electron chi connectivity index (χ0n) is 11.6. The van der Waals surface area contributed by atoms with Crippen LogP contribution in [0.2, 0.25) is 0 Å². The fraction of sp³-hybridized carbons (Fsp3) is 0.667. The van der Waals surface area contributed by atoms with Crippen molar-refractivity contribution in [2.75, 3.05) is 19.0 Å². The number of amides is 1. The number of hydrogen-bond acceptors (Lipinski definition) is 4. The third-order valence-electron chi connectivity index (χ3n) is 2.48. The van der Waals surface area contributed by atoms with Gasteiger partial charge >= 0.3 is 0 Å². The lowest BCUT2D eigenvalue weighted by Gasteiger charge is -2.12. The van der Waals surface area contributed by atoms with Crippen LogP contribution in [-0.4, -0.2) is 35.4 Å². The van der Waals surface area contributed by atoms with E-state index in [1.54, 1.807) is 24.1 Å². The van der Waals surface area contributed by atoms with E-state index >= 15 is 0 Å². The lowest BCUT2D eigenvalue weighted by molar-refractivity contribution is -0.117. The highest BCUT2D eigenvalue weighted by Gasteiger charge is 2.15. The van der Waals surface area contributed by atoms with Gasteiger partial charge in [-0.2, -0.15) is 5.10 Å². The van der Waals surface area contributed by atoms with E-state index in [0.29, 0.717) is 31.3 Å². The molecule has 0 aromatic carbocycles. The minimum atomic E-state index is -0.492. The zero-order valence-corrected chi connectivity index (χ0v) is 12.4. The maximum Gasteiger partial charge on any atom is 0.242 e. The van der Waals surface area contributed by atoms with Crippen LogP contribution in [0.25, 0.3) is 0 Å². The maximum absolute atomic E-state index is 11.8. The second kappa shape index (κ2) is 8.90. The number of carbonyl (C=O) groups excluding carboxylic acids is 1. The van der Waals surface area contributed by atoms with Crippen molar-refractivity contribution in [2.24, 2.45) is 11.7 Å². The van der Waals surface area contributed by atoms with Crippen LogP contribution < -0.4 is 11.1 Å². The van der Waals surface area contributed by atoms with Crippen LogP contribution in [0.15, 0.2) is 12.3 Å². The summed E-state index contributed by atoms with van der Waals surface area (Å²) in [5.41, 5.74) is 5.79. The first-order chi connectivity index (χ1) is 8.52. The third kappa shape index (κ3) is 6.56. The van der Waals surface area contributed by atoms with Crippen molar-refractivity contribution in [2.45, 2.75) is 32.9 Å². The number of aromatic nitrogens is 2. The highest BCUT2D eigenvalue weighted by atomic mass is 35.5. The van der Waals surface area contributed by atoms with Crippen molar-refractivity contribution < 1.29 is 9.53 Å². The predicted octanol–water partition coefficient (Wildman–Crippen LogP) is 1.26. The van der Waals surface area contributed by atoms with Crippen molar-refractivity contribution in [3.05, 3.63) is 12.3 Å². The number of nitrogens with one attached hydrogen (secondary N) is 1. The monoisotopic (exact) mass is 290 g/mol. The summed E-state index contributed by atoms with van der Waals surface area (Å²) in [5.74, 6) is 0.723. The molecule has 0 aliphatic carbocycles. The van der Waals surface area contributed by atoms with E-state index in [1.807, 2.05) is 13.8 Å². The van der Waals surface area contributed by atoms with Crippen LogP contribution in [0.1, 0.15) is 20.3 Å². The molecule has 0 fully saturated rings. The van der Waals surface area contributed by atoms with Gasteiger partial charge in [0.2, 0.25) is 5.91 Å². The summed E-state index contributed by atoms with van der Waals surface area (Å²) in [5, 5.41) is 6.91. The summed E-state index contributed by atoms with van der Waals surface area (Å²) in [6.45, 7) is 5.31. The van der Waals surface area contributed by atoms with Crippen LogP contribution in [0, 0.1) is 5.92 Å². The van der Waals surface area contributed by atoms with Crippen LogP contribution in [0.3, 0.4) is 0 Å². The SMILES string of the molecule is COCCn1ccc(NC(=O)[C@@H](N)CC(C)C)n1.Cl. The molecule has 1 heterocycles. The Morgan fingerprint density at radius 2 is 2.26 bits per heavy atom. The third-order valence-corrected chi connectivity index (χ3v) is 2.48. The molecule has 1 aromatic rings. The molecule has 1 atom stereocenters. The Bertz CT molecular complexity index is 382. The molecule has 0 spiro atoms. The second-order valence-electron chi connectivity index (χ2n) is 4.68. The number of carbonyl (C=O) groups is 1. The molecule has 110 valence electrons.